The topological polar surface area (TPSA) is 34.4 Å². The fourth-order valence-electron chi connectivity index (χ4n) is 2.12. The Morgan fingerprint density at radius 3 is 2.76 bits per heavy atom. The van der Waals surface area contributed by atoms with Crippen molar-refractivity contribution in [2.75, 3.05) is 13.7 Å². The number of nitrogens with one attached hydrogen (secondary N) is 1. The zero-order valence-electron chi connectivity index (χ0n) is 10.6. The second-order valence-corrected chi connectivity index (χ2v) is 4.11. The van der Waals surface area contributed by atoms with Gasteiger partial charge in [0, 0.05) is 12.0 Å². The van der Waals surface area contributed by atoms with Crippen LogP contribution in [0.4, 0.5) is 0 Å². The zero-order valence-corrected chi connectivity index (χ0v) is 10.6. The van der Waals surface area contributed by atoms with Crippen LogP contribution in [0.2, 0.25) is 0 Å². The van der Waals surface area contributed by atoms with Crippen LogP contribution in [0.15, 0.2) is 34.7 Å². The summed E-state index contributed by atoms with van der Waals surface area (Å²) >= 11 is 0. The molecular weight excluding hydrogens is 214 g/mol. The molecule has 0 bridgehead atoms. The van der Waals surface area contributed by atoms with E-state index >= 15 is 0 Å². The summed E-state index contributed by atoms with van der Waals surface area (Å²) < 4.78 is 11.5. The molecule has 0 saturated heterocycles. The lowest BCUT2D eigenvalue weighted by molar-refractivity contribution is 0.0440. The van der Waals surface area contributed by atoms with Gasteiger partial charge in [-0.15, -0.1) is 0 Å². The first kappa shape index (κ1) is 12.1. The van der Waals surface area contributed by atoms with Crippen molar-refractivity contribution in [3.63, 3.8) is 0 Å². The van der Waals surface area contributed by atoms with Crippen molar-refractivity contribution in [2.45, 2.75) is 26.0 Å². The summed E-state index contributed by atoms with van der Waals surface area (Å²) in [5.41, 5.74) is 0.923. The lowest BCUT2D eigenvalue weighted by atomic mass is 10.1. The van der Waals surface area contributed by atoms with Crippen LogP contribution in [0.1, 0.15) is 25.6 Å². The molecule has 1 N–H and O–H groups in total. The molecule has 1 aromatic carbocycles. The van der Waals surface area contributed by atoms with E-state index in [1.807, 2.05) is 32.2 Å². The van der Waals surface area contributed by atoms with Crippen LogP contribution in [0.5, 0.6) is 0 Å². The summed E-state index contributed by atoms with van der Waals surface area (Å²) in [6.45, 7) is 4.76. The van der Waals surface area contributed by atoms with E-state index in [1.165, 1.54) is 0 Å². The van der Waals surface area contributed by atoms with Crippen LogP contribution in [-0.4, -0.2) is 19.8 Å². The van der Waals surface area contributed by atoms with E-state index in [4.69, 9.17) is 9.15 Å². The van der Waals surface area contributed by atoms with Gasteiger partial charge in [0.05, 0.1) is 12.1 Å². The molecule has 0 amide bonds. The molecule has 0 aliphatic heterocycles. The first-order chi connectivity index (χ1) is 8.26. The van der Waals surface area contributed by atoms with Gasteiger partial charge in [-0.05, 0) is 33.0 Å². The van der Waals surface area contributed by atoms with Crippen molar-refractivity contribution in [2.24, 2.45) is 0 Å². The van der Waals surface area contributed by atoms with Gasteiger partial charge >= 0.3 is 0 Å². The minimum atomic E-state index is 0.0855. The van der Waals surface area contributed by atoms with Gasteiger partial charge in [0.1, 0.15) is 11.3 Å². The number of benzene rings is 1. The highest BCUT2D eigenvalue weighted by atomic mass is 16.5. The average molecular weight is 233 g/mol. The minimum Gasteiger partial charge on any atom is -0.459 e. The Morgan fingerprint density at radius 1 is 1.35 bits per heavy atom. The fraction of sp³-hybridized carbons (Fsp3) is 0.429. The molecule has 2 aromatic rings. The number of ether oxygens (including phenoxy) is 1. The van der Waals surface area contributed by atoms with Crippen molar-refractivity contribution < 1.29 is 9.15 Å². The van der Waals surface area contributed by atoms with Gasteiger partial charge in [0.25, 0.3) is 0 Å². The molecule has 0 fully saturated rings. The number of hydrogen-bond donors (Lipinski definition) is 1. The van der Waals surface area contributed by atoms with E-state index in [0.29, 0.717) is 6.61 Å². The second-order valence-electron chi connectivity index (χ2n) is 4.11. The number of fused-ring (bicyclic) bond motifs is 1. The van der Waals surface area contributed by atoms with Gasteiger partial charge in [-0.2, -0.15) is 0 Å². The number of para-hydroxylation sites is 1. The SMILES string of the molecule is CCOC(C)C(NC)c1cc2ccccc2o1. The predicted molar refractivity (Wildman–Crippen MR) is 69.1 cm³/mol. The maximum atomic E-state index is 5.85. The first-order valence-electron chi connectivity index (χ1n) is 6.03. The molecule has 3 nitrogen and oxygen atoms in total. The maximum absolute atomic E-state index is 5.85. The average Bonchev–Trinajstić information content (AvgIpc) is 2.73. The molecule has 0 aliphatic carbocycles. The van der Waals surface area contributed by atoms with Gasteiger partial charge in [-0.3, -0.25) is 0 Å². The normalized spacial score (nSPS) is 15.0. The highest BCUT2D eigenvalue weighted by Crippen LogP contribution is 2.26. The van der Waals surface area contributed by atoms with Gasteiger partial charge in [-0.1, -0.05) is 18.2 Å². The summed E-state index contributed by atoms with van der Waals surface area (Å²) in [5.74, 6) is 0.926. The van der Waals surface area contributed by atoms with Crippen molar-refractivity contribution in [1.29, 1.82) is 0 Å². The van der Waals surface area contributed by atoms with Crippen LogP contribution in [-0.2, 0) is 4.74 Å². The molecule has 2 rings (SSSR count). The van der Waals surface area contributed by atoms with Crippen LogP contribution in [0, 0.1) is 0 Å². The Labute approximate surface area is 102 Å². The molecule has 0 aliphatic rings. The van der Waals surface area contributed by atoms with Gasteiger partial charge in [-0.25, -0.2) is 0 Å². The molecular formula is C14H19NO2. The molecule has 0 spiro atoms. The summed E-state index contributed by atoms with van der Waals surface area (Å²) in [6, 6.07) is 10.2. The Morgan fingerprint density at radius 2 is 2.12 bits per heavy atom. The molecule has 0 radical (unpaired) electrons. The van der Waals surface area contributed by atoms with Crippen LogP contribution < -0.4 is 5.32 Å². The number of hydrogen-bond acceptors (Lipinski definition) is 3. The monoisotopic (exact) mass is 233 g/mol. The molecule has 1 heterocycles. The van der Waals surface area contributed by atoms with E-state index in [1.54, 1.807) is 0 Å². The highest BCUT2D eigenvalue weighted by Gasteiger charge is 2.21. The Hall–Kier alpha value is -1.32. The van der Waals surface area contributed by atoms with Gasteiger partial charge in [0.15, 0.2) is 0 Å². The second kappa shape index (κ2) is 5.34. The maximum Gasteiger partial charge on any atom is 0.134 e. The summed E-state index contributed by atoms with van der Waals surface area (Å²) in [5, 5.41) is 4.38. The molecule has 3 heteroatoms. The highest BCUT2D eigenvalue weighted by molar-refractivity contribution is 5.77. The number of likely N-dealkylation sites (N-methyl/N-ethyl adjacent to an activating group) is 1. The number of furan rings is 1. The van der Waals surface area contributed by atoms with E-state index in [2.05, 4.69) is 24.4 Å². The third kappa shape index (κ3) is 2.51. The van der Waals surface area contributed by atoms with Crippen LogP contribution in [0.25, 0.3) is 11.0 Å². The molecule has 92 valence electrons. The fourth-order valence-corrected chi connectivity index (χ4v) is 2.12. The molecule has 0 saturated carbocycles. The van der Waals surface area contributed by atoms with E-state index in [0.717, 1.165) is 16.7 Å². The predicted octanol–water partition coefficient (Wildman–Crippen LogP) is 3.12. The zero-order chi connectivity index (χ0) is 12.3. The minimum absolute atomic E-state index is 0.0855. The van der Waals surface area contributed by atoms with Crippen LogP contribution >= 0.6 is 0 Å². The van der Waals surface area contributed by atoms with E-state index in [9.17, 15) is 0 Å². The van der Waals surface area contributed by atoms with E-state index in [-0.39, 0.29) is 12.1 Å². The smallest absolute Gasteiger partial charge is 0.134 e. The quantitative estimate of drug-likeness (QED) is 0.861. The standard InChI is InChI=1S/C14H19NO2/c1-4-16-10(2)14(15-3)13-9-11-7-5-6-8-12(11)17-13/h5-10,14-15H,4H2,1-3H3. The summed E-state index contributed by atoms with van der Waals surface area (Å²) in [4.78, 5) is 0. The Bertz CT molecular complexity index is 445. The molecule has 2 unspecified atom stereocenters. The van der Waals surface area contributed by atoms with Gasteiger partial charge < -0.3 is 14.5 Å². The van der Waals surface area contributed by atoms with E-state index < -0.39 is 0 Å². The third-order valence-electron chi connectivity index (χ3n) is 2.96. The van der Waals surface area contributed by atoms with Gasteiger partial charge in [0.2, 0.25) is 0 Å². The van der Waals surface area contributed by atoms with Crippen LogP contribution in [0.3, 0.4) is 0 Å². The molecule has 2 atom stereocenters. The molecule has 17 heavy (non-hydrogen) atoms. The Balaban J connectivity index is 2.29. The first-order valence-corrected chi connectivity index (χ1v) is 6.03. The summed E-state index contributed by atoms with van der Waals surface area (Å²) in [7, 11) is 1.92. The van der Waals surface area contributed by atoms with Crippen molar-refractivity contribution >= 4 is 11.0 Å². The third-order valence-corrected chi connectivity index (χ3v) is 2.96. The van der Waals surface area contributed by atoms with Crippen molar-refractivity contribution in [3.8, 4) is 0 Å². The summed E-state index contributed by atoms with van der Waals surface area (Å²) in [6.07, 6.45) is 0.0885. The lowest BCUT2D eigenvalue weighted by Crippen LogP contribution is -2.29. The lowest BCUT2D eigenvalue weighted by Gasteiger charge is -2.21. The van der Waals surface area contributed by atoms with Crippen molar-refractivity contribution in [1.82, 2.24) is 5.32 Å². The largest absolute Gasteiger partial charge is 0.459 e. The molecule has 1 aromatic heterocycles. The number of rotatable bonds is 5. The van der Waals surface area contributed by atoms with Crippen molar-refractivity contribution in [3.05, 3.63) is 36.1 Å². The Kier molecular flexibility index (Phi) is 3.82.